The number of nitrogens with one attached hydrogen (secondary N) is 3. The van der Waals surface area contributed by atoms with Crippen LogP contribution in [0.4, 0.5) is 5.69 Å². The number of para-hydroxylation sites is 1. The molecular weight excluding hydrogens is 765 g/mol. The Morgan fingerprint density at radius 2 is 1.14 bits per heavy atom. The summed E-state index contributed by atoms with van der Waals surface area (Å²) in [6, 6.07) is 63.7. The van der Waals surface area contributed by atoms with Crippen LogP contribution in [0, 0.1) is 0 Å². The molecule has 63 heavy (non-hydrogen) atoms. The molecule has 8 aromatic rings. The van der Waals surface area contributed by atoms with E-state index in [9.17, 15) is 0 Å². The molecule has 4 nitrogen and oxygen atoms in total. The highest BCUT2D eigenvalue weighted by molar-refractivity contribution is 5.89. The van der Waals surface area contributed by atoms with Crippen LogP contribution in [-0.2, 0) is 0 Å². The van der Waals surface area contributed by atoms with Gasteiger partial charge in [-0.25, -0.2) is 0 Å². The highest BCUT2D eigenvalue weighted by Gasteiger charge is 2.33. The third-order valence-electron chi connectivity index (χ3n) is 12.2. The lowest BCUT2D eigenvalue weighted by molar-refractivity contribution is 0.505. The highest BCUT2D eigenvalue weighted by Crippen LogP contribution is 2.48. The van der Waals surface area contributed by atoms with E-state index < -0.39 is 0 Å². The molecule has 3 unspecified atom stereocenters. The van der Waals surface area contributed by atoms with Gasteiger partial charge in [-0.2, -0.15) is 0 Å². The van der Waals surface area contributed by atoms with Crippen molar-refractivity contribution in [2.24, 2.45) is 5.73 Å². The summed E-state index contributed by atoms with van der Waals surface area (Å²) in [7, 11) is 1.89. The molecule has 0 fully saturated rings. The van der Waals surface area contributed by atoms with Crippen molar-refractivity contribution in [3.63, 3.8) is 0 Å². The fourth-order valence-corrected chi connectivity index (χ4v) is 8.95. The zero-order valence-corrected chi connectivity index (χ0v) is 37.3. The monoisotopic (exact) mass is 824 g/mol. The standard InChI is InChI=1S/C32H32N4.C23H16.2C2H6/c1-34-31(33)26-11-7-10-25(20-26)30-28-12-5-6-13-29(28)35-32(36-30)27-17-16-23-18-22(14-15-24(23)19-27)21-8-3-2-4-9-21;1-2-6-16(7-3-1)17-10-11-19-15-20(13-12-18(19)14-17)23-21-8-4-5-9-22(21)23;2*1-2/h2-3,5-8,10-20,30-32,34-36H,4,9,33H2,1H3;1-15,23H;2*1-2H3. The minimum absolute atomic E-state index is 0.0122. The van der Waals surface area contributed by atoms with Gasteiger partial charge in [0.25, 0.3) is 0 Å². The van der Waals surface area contributed by atoms with Crippen LogP contribution in [0.15, 0.2) is 194 Å². The van der Waals surface area contributed by atoms with E-state index in [4.69, 9.17) is 5.73 Å². The van der Waals surface area contributed by atoms with E-state index in [1.54, 1.807) is 0 Å². The Labute approximate surface area is 374 Å². The second-order valence-corrected chi connectivity index (χ2v) is 15.9. The van der Waals surface area contributed by atoms with E-state index in [2.05, 4.69) is 210 Å². The number of benzene rings is 8. The number of rotatable bonds is 7. The average Bonchev–Trinajstić information content (AvgIpc) is 4.11. The summed E-state index contributed by atoms with van der Waals surface area (Å²) < 4.78 is 0. The average molecular weight is 825 g/mol. The van der Waals surface area contributed by atoms with Crippen LogP contribution in [0.1, 0.15) is 109 Å². The lowest BCUT2D eigenvalue weighted by atomic mass is 9.91. The summed E-state index contributed by atoms with van der Waals surface area (Å²) in [4.78, 5) is 0. The molecule has 3 aliphatic rings. The summed E-state index contributed by atoms with van der Waals surface area (Å²) in [6.07, 6.45) is 8.67. The van der Waals surface area contributed by atoms with Crippen LogP contribution in [0.2, 0.25) is 0 Å². The second-order valence-electron chi connectivity index (χ2n) is 15.9. The fraction of sp³-hybridized carbons (Fsp3) is 0.186. The fourth-order valence-electron chi connectivity index (χ4n) is 8.95. The van der Waals surface area contributed by atoms with Crippen molar-refractivity contribution in [1.29, 1.82) is 0 Å². The van der Waals surface area contributed by atoms with Gasteiger partial charge in [0.2, 0.25) is 0 Å². The molecule has 8 aromatic carbocycles. The first kappa shape index (κ1) is 43.1. The molecule has 5 N–H and O–H groups in total. The molecule has 1 heterocycles. The van der Waals surface area contributed by atoms with Crippen molar-refractivity contribution in [2.75, 3.05) is 12.4 Å². The zero-order valence-electron chi connectivity index (χ0n) is 37.3. The van der Waals surface area contributed by atoms with Gasteiger partial charge in [-0.1, -0.05) is 198 Å². The molecular formula is C59H60N4. The first-order valence-electron chi connectivity index (χ1n) is 22.8. The Balaban J connectivity index is 0.000000173. The Hall–Kier alpha value is -6.56. The van der Waals surface area contributed by atoms with Crippen molar-refractivity contribution in [3.8, 4) is 11.1 Å². The molecule has 316 valence electrons. The Morgan fingerprint density at radius 1 is 0.540 bits per heavy atom. The van der Waals surface area contributed by atoms with Gasteiger partial charge in [0.05, 0.1) is 12.2 Å². The molecule has 0 saturated carbocycles. The molecule has 0 amide bonds. The van der Waals surface area contributed by atoms with Gasteiger partial charge in [0.1, 0.15) is 6.17 Å². The Kier molecular flexibility index (Phi) is 13.7. The third kappa shape index (κ3) is 9.45. The maximum Gasteiger partial charge on any atom is 0.104 e. The first-order chi connectivity index (χ1) is 31.1. The van der Waals surface area contributed by atoms with Crippen molar-refractivity contribution in [1.82, 2.24) is 10.6 Å². The molecule has 0 radical (unpaired) electrons. The van der Waals surface area contributed by atoms with E-state index in [0.717, 1.165) is 24.1 Å². The predicted octanol–water partition coefficient (Wildman–Crippen LogP) is 14.6. The van der Waals surface area contributed by atoms with Gasteiger partial charge in [-0.3, -0.25) is 5.32 Å². The number of anilines is 1. The van der Waals surface area contributed by atoms with Crippen LogP contribution >= 0.6 is 0 Å². The van der Waals surface area contributed by atoms with Crippen LogP contribution in [-0.4, -0.2) is 7.05 Å². The van der Waals surface area contributed by atoms with Gasteiger partial charge in [-0.05, 0) is 127 Å². The van der Waals surface area contributed by atoms with E-state index in [-0.39, 0.29) is 18.4 Å². The quantitative estimate of drug-likeness (QED) is 0.121. The maximum absolute atomic E-state index is 6.27. The van der Waals surface area contributed by atoms with E-state index in [1.807, 2.05) is 34.7 Å². The molecule has 3 atom stereocenters. The molecule has 0 spiro atoms. The SMILES string of the molecule is CC.CC.CNC(N)c1cccc(C2NC(c3ccc4cc(C5=CC=CCC5)ccc4c3)Nc3ccccc32)c1.c1ccc(-c2ccc3cc(C4c5ccccc54)ccc3c2)cc1. The third-order valence-corrected chi connectivity index (χ3v) is 12.2. The number of fused-ring (bicyclic) bond motifs is 4. The van der Waals surface area contributed by atoms with Crippen molar-refractivity contribution >= 4 is 32.8 Å². The van der Waals surface area contributed by atoms with E-state index >= 15 is 0 Å². The molecule has 2 aliphatic carbocycles. The minimum Gasteiger partial charge on any atom is -0.366 e. The maximum atomic E-state index is 6.27. The highest BCUT2D eigenvalue weighted by atomic mass is 15.2. The number of allylic oxidation sites excluding steroid dienone is 4. The van der Waals surface area contributed by atoms with Crippen molar-refractivity contribution in [3.05, 3.63) is 239 Å². The summed E-state index contributed by atoms with van der Waals surface area (Å²) in [5.74, 6) is 0.517. The molecule has 4 heteroatoms. The van der Waals surface area contributed by atoms with Crippen LogP contribution in [0.3, 0.4) is 0 Å². The smallest absolute Gasteiger partial charge is 0.104 e. The van der Waals surface area contributed by atoms with Gasteiger partial charge < -0.3 is 16.4 Å². The normalized spacial score (nSPS) is 16.3. The first-order valence-corrected chi connectivity index (χ1v) is 22.8. The molecule has 11 rings (SSSR count). The Bertz CT molecular complexity index is 2850. The van der Waals surface area contributed by atoms with Gasteiger partial charge in [-0.15, -0.1) is 0 Å². The molecule has 0 bridgehead atoms. The van der Waals surface area contributed by atoms with Crippen molar-refractivity contribution < 1.29 is 0 Å². The topological polar surface area (TPSA) is 62.1 Å². The predicted molar refractivity (Wildman–Crippen MR) is 270 cm³/mol. The summed E-state index contributed by atoms with van der Waals surface area (Å²) in [5.41, 5.74) is 21.8. The second kappa shape index (κ2) is 20.1. The molecule has 1 aliphatic heterocycles. The molecule has 0 saturated heterocycles. The zero-order chi connectivity index (χ0) is 43.7. The van der Waals surface area contributed by atoms with Crippen LogP contribution in [0.25, 0.3) is 38.2 Å². The van der Waals surface area contributed by atoms with Gasteiger partial charge in [0.15, 0.2) is 0 Å². The summed E-state index contributed by atoms with van der Waals surface area (Å²) in [5, 5.41) is 15.9. The van der Waals surface area contributed by atoms with Crippen LogP contribution < -0.4 is 21.7 Å². The number of hydrogen-bond acceptors (Lipinski definition) is 4. The lowest BCUT2D eigenvalue weighted by Gasteiger charge is -2.35. The lowest BCUT2D eigenvalue weighted by Crippen LogP contribution is -2.37. The van der Waals surface area contributed by atoms with E-state index in [0.29, 0.717) is 5.92 Å². The minimum atomic E-state index is -0.191. The Morgan fingerprint density at radius 3 is 1.84 bits per heavy atom. The number of hydrogen-bond donors (Lipinski definition) is 4. The molecule has 0 aromatic heterocycles. The van der Waals surface area contributed by atoms with Gasteiger partial charge >= 0.3 is 0 Å². The van der Waals surface area contributed by atoms with Crippen molar-refractivity contribution in [2.45, 2.75) is 64.8 Å². The largest absolute Gasteiger partial charge is 0.366 e. The summed E-state index contributed by atoms with van der Waals surface area (Å²) >= 11 is 0. The van der Waals surface area contributed by atoms with E-state index in [1.165, 1.54) is 77.2 Å². The summed E-state index contributed by atoms with van der Waals surface area (Å²) in [6.45, 7) is 8.00. The van der Waals surface area contributed by atoms with Crippen LogP contribution in [0.5, 0.6) is 0 Å². The van der Waals surface area contributed by atoms with Gasteiger partial charge in [0, 0.05) is 11.6 Å². The number of nitrogens with two attached hydrogens (primary N) is 1.